The first-order valence-electron chi connectivity index (χ1n) is 6.89. The zero-order valence-corrected chi connectivity index (χ0v) is 13.1. The van der Waals surface area contributed by atoms with E-state index in [-0.39, 0.29) is 24.0 Å². The van der Waals surface area contributed by atoms with Crippen LogP contribution in [0.2, 0.25) is 0 Å². The lowest BCUT2D eigenvalue weighted by Gasteiger charge is -2.03. The van der Waals surface area contributed by atoms with E-state index in [2.05, 4.69) is 9.69 Å². The number of carbonyl (C=O) groups excluding carboxylic acids is 1. The smallest absolute Gasteiger partial charge is 0.265 e. The van der Waals surface area contributed by atoms with Crippen LogP contribution in [-0.4, -0.2) is 10.3 Å². The molecule has 1 aromatic carbocycles. The van der Waals surface area contributed by atoms with E-state index in [4.69, 9.17) is 10.2 Å². The van der Waals surface area contributed by atoms with Crippen molar-refractivity contribution in [2.75, 3.05) is 5.73 Å². The number of hydrogen-bond donors (Lipinski definition) is 2. The maximum Gasteiger partial charge on any atom is 0.265 e. The number of nitrogens with zero attached hydrogens (tertiary/aromatic N) is 1. The van der Waals surface area contributed by atoms with Gasteiger partial charge in [-0.25, -0.2) is 4.39 Å². The van der Waals surface area contributed by atoms with Crippen LogP contribution >= 0.6 is 11.5 Å². The second-order valence-electron chi connectivity index (χ2n) is 4.98. The number of furan rings is 1. The summed E-state index contributed by atoms with van der Waals surface area (Å²) in [4.78, 5) is 12.5. The Hall–Kier alpha value is -2.67. The molecule has 3 rings (SSSR count). The van der Waals surface area contributed by atoms with Crippen LogP contribution in [0.25, 0.3) is 11.3 Å². The Bertz CT molecular complexity index is 839. The van der Waals surface area contributed by atoms with Gasteiger partial charge in [0.1, 0.15) is 27.9 Å². The number of carbonyl (C=O) groups is 1. The molecule has 0 aliphatic rings. The predicted octanol–water partition coefficient (Wildman–Crippen LogP) is 3.36. The number of amides is 1. The van der Waals surface area contributed by atoms with Crippen molar-refractivity contribution in [3.63, 3.8) is 0 Å². The molecule has 0 aliphatic heterocycles. The van der Waals surface area contributed by atoms with Crippen molar-refractivity contribution in [2.24, 2.45) is 0 Å². The molecular weight excluding hydrogens is 317 g/mol. The number of aryl methyl sites for hydroxylation is 1. The highest BCUT2D eigenvalue weighted by atomic mass is 32.1. The van der Waals surface area contributed by atoms with Gasteiger partial charge in [-0.1, -0.05) is 0 Å². The highest BCUT2D eigenvalue weighted by molar-refractivity contribution is 7.09. The van der Waals surface area contributed by atoms with E-state index in [0.717, 1.165) is 17.3 Å². The summed E-state index contributed by atoms with van der Waals surface area (Å²) in [6.45, 7) is 2.11. The van der Waals surface area contributed by atoms with E-state index >= 15 is 0 Å². The van der Waals surface area contributed by atoms with Gasteiger partial charge in [0.25, 0.3) is 5.91 Å². The quantitative estimate of drug-likeness (QED) is 0.768. The van der Waals surface area contributed by atoms with Crippen molar-refractivity contribution >= 4 is 23.1 Å². The predicted molar refractivity (Wildman–Crippen MR) is 86.5 cm³/mol. The summed E-state index contributed by atoms with van der Waals surface area (Å²) in [5.41, 5.74) is 7.45. The van der Waals surface area contributed by atoms with Crippen molar-refractivity contribution in [3.05, 3.63) is 58.6 Å². The van der Waals surface area contributed by atoms with E-state index < -0.39 is 0 Å². The van der Waals surface area contributed by atoms with Gasteiger partial charge in [-0.05, 0) is 54.9 Å². The van der Waals surface area contributed by atoms with Gasteiger partial charge in [-0.15, -0.1) is 0 Å². The summed E-state index contributed by atoms with van der Waals surface area (Å²) in [6.07, 6.45) is 0. The Kier molecular flexibility index (Phi) is 4.12. The second-order valence-corrected chi connectivity index (χ2v) is 5.75. The molecule has 23 heavy (non-hydrogen) atoms. The fraction of sp³-hybridized carbons (Fsp3) is 0.125. The Morgan fingerprint density at radius 3 is 2.70 bits per heavy atom. The van der Waals surface area contributed by atoms with E-state index in [1.54, 1.807) is 18.2 Å². The lowest BCUT2D eigenvalue weighted by atomic mass is 10.1. The average molecular weight is 331 g/mol. The number of anilines is 1. The molecule has 0 fully saturated rings. The van der Waals surface area contributed by atoms with Crippen LogP contribution in [0.3, 0.4) is 0 Å². The van der Waals surface area contributed by atoms with Crippen molar-refractivity contribution in [1.82, 2.24) is 9.69 Å². The number of nitrogens with one attached hydrogen (secondary N) is 1. The molecule has 1 amide bonds. The average Bonchev–Trinajstić information content (AvgIpc) is 3.12. The molecule has 3 N–H and O–H groups in total. The third-order valence-corrected chi connectivity index (χ3v) is 4.13. The van der Waals surface area contributed by atoms with Gasteiger partial charge in [0.05, 0.1) is 12.2 Å². The summed E-state index contributed by atoms with van der Waals surface area (Å²) in [6, 6.07) is 9.44. The Labute approximate surface area is 136 Å². The Morgan fingerprint density at radius 1 is 1.30 bits per heavy atom. The summed E-state index contributed by atoms with van der Waals surface area (Å²) < 4.78 is 22.6. The van der Waals surface area contributed by atoms with Crippen molar-refractivity contribution in [1.29, 1.82) is 0 Å². The largest absolute Gasteiger partial charge is 0.465 e. The standard InChI is InChI=1S/C16H14FN3O2S/c1-9-2-7-12(22-9)8-19-16(21)15-13(18)14(20-23-15)10-3-5-11(17)6-4-10/h2-7H,8,18H2,1H3,(H,19,21). The summed E-state index contributed by atoms with van der Waals surface area (Å²) in [7, 11) is 0. The van der Waals surface area contributed by atoms with Crippen LogP contribution in [0, 0.1) is 12.7 Å². The monoisotopic (exact) mass is 331 g/mol. The third-order valence-electron chi connectivity index (χ3n) is 3.27. The van der Waals surface area contributed by atoms with Gasteiger partial charge in [0.2, 0.25) is 0 Å². The molecule has 118 valence electrons. The number of halogens is 1. The molecule has 2 heterocycles. The normalized spacial score (nSPS) is 10.7. The van der Waals surface area contributed by atoms with Crippen LogP contribution in [-0.2, 0) is 6.54 Å². The molecule has 0 bridgehead atoms. The minimum Gasteiger partial charge on any atom is -0.465 e. The molecule has 0 spiro atoms. The first kappa shape index (κ1) is 15.2. The number of hydrogen-bond acceptors (Lipinski definition) is 5. The fourth-order valence-electron chi connectivity index (χ4n) is 2.10. The molecule has 2 aromatic heterocycles. The van der Waals surface area contributed by atoms with Gasteiger partial charge in [0, 0.05) is 5.56 Å². The fourth-order valence-corrected chi connectivity index (χ4v) is 2.84. The van der Waals surface area contributed by atoms with E-state index in [9.17, 15) is 9.18 Å². The van der Waals surface area contributed by atoms with Crippen molar-refractivity contribution in [2.45, 2.75) is 13.5 Å². The van der Waals surface area contributed by atoms with Gasteiger partial charge in [0.15, 0.2) is 0 Å². The molecule has 0 unspecified atom stereocenters. The van der Waals surface area contributed by atoms with E-state index in [1.807, 2.05) is 13.0 Å². The maximum atomic E-state index is 13.0. The molecule has 5 nitrogen and oxygen atoms in total. The first-order chi connectivity index (χ1) is 11.0. The minimum absolute atomic E-state index is 0.274. The van der Waals surface area contributed by atoms with Gasteiger partial charge < -0.3 is 15.5 Å². The Morgan fingerprint density at radius 2 is 2.04 bits per heavy atom. The van der Waals surface area contributed by atoms with Crippen LogP contribution < -0.4 is 11.1 Å². The number of nitrogens with two attached hydrogens (primary N) is 1. The SMILES string of the molecule is Cc1ccc(CNC(=O)c2snc(-c3ccc(F)cc3)c2N)o1. The van der Waals surface area contributed by atoms with E-state index in [1.165, 1.54) is 12.1 Å². The summed E-state index contributed by atoms with van der Waals surface area (Å²) >= 11 is 1.01. The number of nitrogen functional groups attached to an aromatic ring is 1. The number of rotatable bonds is 4. The molecule has 7 heteroatoms. The lowest BCUT2D eigenvalue weighted by molar-refractivity contribution is 0.0952. The van der Waals surface area contributed by atoms with Crippen LogP contribution in [0.1, 0.15) is 21.2 Å². The maximum absolute atomic E-state index is 13.0. The molecular formula is C16H14FN3O2S. The molecule has 0 saturated carbocycles. The lowest BCUT2D eigenvalue weighted by Crippen LogP contribution is -2.22. The second kappa shape index (κ2) is 6.21. The van der Waals surface area contributed by atoms with Crippen molar-refractivity contribution in [3.8, 4) is 11.3 Å². The zero-order chi connectivity index (χ0) is 16.4. The number of aromatic nitrogens is 1. The Balaban J connectivity index is 1.75. The van der Waals surface area contributed by atoms with Gasteiger partial charge in [-0.3, -0.25) is 4.79 Å². The van der Waals surface area contributed by atoms with Crippen LogP contribution in [0.5, 0.6) is 0 Å². The summed E-state index contributed by atoms with van der Waals surface area (Å²) in [5, 5.41) is 2.74. The number of benzene rings is 1. The van der Waals surface area contributed by atoms with Gasteiger partial charge in [-0.2, -0.15) is 4.37 Å². The van der Waals surface area contributed by atoms with Crippen LogP contribution in [0.15, 0.2) is 40.8 Å². The highest BCUT2D eigenvalue weighted by Gasteiger charge is 2.18. The molecule has 0 atom stereocenters. The minimum atomic E-state index is -0.339. The van der Waals surface area contributed by atoms with Gasteiger partial charge >= 0.3 is 0 Å². The zero-order valence-electron chi connectivity index (χ0n) is 12.3. The molecule has 3 aromatic rings. The van der Waals surface area contributed by atoms with Crippen molar-refractivity contribution < 1.29 is 13.6 Å². The molecule has 0 radical (unpaired) electrons. The van der Waals surface area contributed by atoms with E-state index in [0.29, 0.717) is 21.9 Å². The summed E-state index contributed by atoms with van der Waals surface area (Å²) in [5.74, 6) is 0.791. The highest BCUT2D eigenvalue weighted by Crippen LogP contribution is 2.30. The molecule has 0 aliphatic carbocycles. The third kappa shape index (κ3) is 3.24. The first-order valence-corrected chi connectivity index (χ1v) is 7.66. The van der Waals surface area contributed by atoms with Crippen LogP contribution in [0.4, 0.5) is 10.1 Å². The topological polar surface area (TPSA) is 81.2 Å². The molecule has 0 saturated heterocycles.